The second-order valence-electron chi connectivity index (χ2n) is 11.1. The number of benzene rings is 1. The maximum atomic E-state index is 4.16. The van der Waals surface area contributed by atoms with Gasteiger partial charge in [0, 0.05) is 6.04 Å². The molecule has 5 aliphatic rings. The van der Waals surface area contributed by atoms with Crippen molar-refractivity contribution in [1.29, 1.82) is 0 Å². The zero-order valence-electron chi connectivity index (χ0n) is 17.6. The van der Waals surface area contributed by atoms with E-state index in [1.54, 1.807) is 31.2 Å². The quantitative estimate of drug-likeness (QED) is 0.630. The summed E-state index contributed by atoms with van der Waals surface area (Å²) in [4.78, 5) is 0. The fourth-order valence-electron chi connectivity index (χ4n) is 9.29. The van der Waals surface area contributed by atoms with Gasteiger partial charge in [-0.15, -0.1) is 0 Å². The average Bonchev–Trinajstić information content (AvgIpc) is 3.36. The maximum absolute atomic E-state index is 4.16. The first kappa shape index (κ1) is 18.0. The lowest BCUT2D eigenvalue weighted by Crippen LogP contribution is -2.54. The van der Waals surface area contributed by atoms with E-state index in [9.17, 15) is 0 Å². The largest absolute Gasteiger partial charge is 0.313 e. The molecule has 0 spiro atoms. The van der Waals surface area contributed by atoms with Crippen molar-refractivity contribution in [2.75, 3.05) is 6.54 Å². The number of hydrogen-bond donors (Lipinski definition) is 1. The van der Waals surface area contributed by atoms with Crippen LogP contribution in [-0.2, 0) is 0 Å². The van der Waals surface area contributed by atoms with Gasteiger partial charge < -0.3 is 5.32 Å². The van der Waals surface area contributed by atoms with Crippen molar-refractivity contribution in [3.63, 3.8) is 0 Å². The number of fused-ring (bicyclic) bond motifs is 3. The second kappa shape index (κ2) is 7.15. The topological polar surface area (TPSA) is 12.0 Å². The van der Waals surface area contributed by atoms with Crippen LogP contribution in [0.1, 0.15) is 88.5 Å². The molecule has 1 heterocycles. The Morgan fingerprint density at radius 2 is 1.54 bits per heavy atom. The smallest absolute Gasteiger partial charge is 0.0135 e. The van der Waals surface area contributed by atoms with E-state index in [0.717, 1.165) is 47.0 Å². The lowest BCUT2D eigenvalue weighted by Gasteiger charge is -2.56. The van der Waals surface area contributed by atoms with Gasteiger partial charge >= 0.3 is 0 Å². The first-order valence-electron chi connectivity index (χ1n) is 12.7. The normalized spacial score (nSPS) is 42.6. The molecule has 0 radical (unpaired) electrons. The van der Waals surface area contributed by atoms with Gasteiger partial charge in [-0.2, -0.15) is 0 Å². The molecule has 5 fully saturated rings. The van der Waals surface area contributed by atoms with Gasteiger partial charge in [0.05, 0.1) is 0 Å². The van der Waals surface area contributed by atoms with Gasteiger partial charge in [-0.3, -0.25) is 0 Å². The number of piperidine rings is 1. The summed E-state index contributed by atoms with van der Waals surface area (Å²) < 4.78 is 0. The summed E-state index contributed by atoms with van der Waals surface area (Å²) in [5, 5.41) is 4.16. The lowest BCUT2D eigenvalue weighted by molar-refractivity contribution is -0.0557. The Balaban J connectivity index is 1.39. The van der Waals surface area contributed by atoms with Gasteiger partial charge in [-0.1, -0.05) is 56.0 Å². The molecule has 0 amide bonds. The molecule has 0 aromatic heterocycles. The average molecular weight is 378 g/mol. The first-order chi connectivity index (χ1) is 13.9. The standard InChI is InChI=1S/C27H39N/c1-2-9-19(10-3-1)21-13-6-14-22-24(21)23-15-7-18-28-26(23)25(22)27(16-8-17-27)20-11-4-5-12-20/h1-3,9-10,20-26,28H,4-8,11-18H2. The summed E-state index contributed by atoms with van der Waals surface area (Å²) in [5.41, 5.74) is 2.38. The molecular formula is C27H39N. The van der Waals surface area contributed by atoms with Crippen LogP contribution in [0.4, 0.5) is 0 Å². The Labute approximate surface area is 172 Å². The number of nitrogens with one attached hydrogen (secondary N) is 1. The highest BCUT2D eigenvalue weighted by atomic mass is 15.0. The van der Waals surface area contributed by atoms with E-state index < -0.39 is 0 Å². The summed E-state index contributed by atoms with van der Waals surface area (Å²) >= 11 is 0. The van der Waals surface area contributed by atoms with Crippen molar-refractivity contribution in [1.82, 2.24) is 5.32 Å². The van der Waals surface area contributed by atoms with Crippen LogP contribution in [0, 0.1) is 35.0 Å². The molecule has 6 unspecified atom stereocenters. The van der Waals surface area contributed by atoms with Crippen LogP contribution < -0.4 is 5.32 Å². The summed E-state index contributed by atoms with van der Waals surface area (Å²) in [6, 6.07) is 12.5. The minimum atomic E-state index is 0.724. The van der Waals surface area contributed by atoms with Crippen LogP contribution in [0.3, 0.4) is 0 Å². The van der Waals surface area contributed by atoms with E-state index in [-0.39, 0.29) is 0 Å². The van der Waals surface area contributed by atoms with Gasteiger partial charge in [0.1, 0.15) is 0 Å². The van der Waals surface area contributed by atoms with E-state index in [2.05, 4.69) is 35.6 Å². The molecule has 4 aliphatic carbocycles. The van der Waals surface area contributed by atoms with Crippen LogP contribution in [0.2, 0.25) is 0 Å². The van der Waals surface area contributed by atoms with Crippen molar-refractivity contribution < 1.29 is 0 Å². The molecule has 152 valence electrons. The second-order valence-corrected chi connectivity index (χ2v) is 11.1. The Morgan fingerprint density at radius 1 is 0.750 bits per heavy atom. The van der Waals surface area contributed by atoms with E-state index in [4.69, 9.17) is 0 Å². The highest BCUT2D eigenvalue weighted by molar-refractivity contribution is 5.25. The Morgan fingerprint density at radius 3 is 2.29 bits per heavy atom. The molecule has 6 atom stereocenters. The zero-order valence-corrected chi connectivity index (χ0v) is 17.6. The third-order valence-electron chi connectivity index (χ3n) is 10.3. The molecule has 1 aliphatic heterocycles. The van der Waals surface area contributed by atoms with E-state index >= 15 is 0 Å². The Kier molecular flexibility index (Phi) is 4.59. The monoisotopic (exact) mass is 377 g/mol. The summed E-state index contributed by atoms with van der Waals surface area (Å²) in [6.45, 7) is 1.29. The van der Waals surface area contributed by atoms with Crippen molar-refractivity contribution >= 4 is 0 Å². The molecule has 4 saturated carbocycles. The fourth-order valence-corrected chi connectivity index (χ4v) is 9.29. The van der Waals surface area contributed by atoms with Gasteiger partial charge in [0.15, 0.2) is 0 Å². The third-order valence-corrected chi connectivity index (χ3v) is 10.3. The SMILES string of the molecule is c1ccc(C2CCCC3C2C2CCCNC2C3C2(C3CCCC3)CCC2)cc1. The molecule has 1 heteroatoms. The van der Waals surface area contributed by atoms with Crippen LogP contribution in [-0.4, -0.2) is 12.6 Å². The summed E-state index contributed by atoms with van der Waals surface area (Å²) in [7, 11) is 0. The molecule has 1 aromatic rings. The van der Waals surface area contributed by atoms with Crippen molar-refractivity contribution in [3.05, 3.63) is 35.9 Å². The number of hydrogen-bond acceptors (Lipinski definition) is 1. The van der Waals surface area contributed by atoms with Gasteiger partial charge in [-0.25, -0.2) is 0 Å². The van der Waals surface area contributed by atoms with Gasteiger partial charge in [0.2, 0.25) is 0 Å². The highest BCUT2D eigenvalue weighted by Gasteiger charge is 2.63. The molecule has 1 saturated heterocycles. The molecule has 6 rings (SSSR count). The molecule has 1 aromatic carbocycles. The van der Waals surface area contributed by atoms with Gasteiger partial charge in [-0.05, 0) is 104 Å². The van der Waals surface area contributed by atoms with Crippen LogP contribution >= 0.6 is 0 Å². The van der Waals surface area contributed by atoms with Crippen molar-refractivity contribution in [3.8, 4) is 0 Å². The summed E-state index contributed by atoms with van der Waals surface area (Å²) in [6.07, 6.45) is 18.1. The third kappa shape index (κ3) is 2.60. The van der Waals surface area contributed by atoms with Crippen LogP contribution in [0.5, 0.6) is 0 Å². The maximum Gasteiger partial charge on any atom is 0.0135 e. The highest BCUT2D eigenvalue weighted by Crippen LogP contribution is 2.68. The van der Waals surface area contributed by atoms with E-state index in [1.165, 1.54) is 57.9 Å². The molecule has 28 heavy (non-hydrogen) atoms. The lowest BCUT2D eigenvalue weighted by atomic mass is 9.50. The summed E-state index contributed by atoms with van der Waals surface area (Å²) in [5.74, 6) is 5.79. The minimum Gasteiger partial charge on any atom is -0.313 e. The van der Waals surface area contributed by atoms with Crippen LogP contribution in [0.15, 0.2) is 30.3 Å². The van der Waals surface area contributed by atoms with E-state index in [0.29, 0.717) is 0 Å². The Hall–Kier alpha value is -0.820. The van der Waals surface area contributed by atoms with Crippen molar-refractivity contribution in [2.24, 2.45) is 35.0 Å². The first-order valence-corrected chi connectivity index (χ1v) is 12.7. The Bertz CT molecular complexity index is 671. The predicted octanol–water partition coefficient (Wildman–Crippen LogP) is 6.55. The van der Waals surface area contributed by atoms with Crippen molar-refractivity contribution in [2.45, 2.75) is 89.0 Å². The van der Waals surface area contributed by atoms with Gasteiger partial charge in [0.25, 0.3) is 0 Å². The molecule has 1 N–H and O–H groups in total. The molecular weight excluding hydrogens is 338 g/mol. The number of rotatable bonds is 3. The molecule has 1 nitrogen and oxygen atoms in total. The van der Waals surface area contributed by atoms with Crippen LogP contribution in [0.25, 0.3) is 0 Å². The predicted molar refractivity (Wildman–Crippen MR) is 116 cm³/mol. The zero-order chi connectivity index (χ0) is 18.6. The molecule has 0 bridgehead atoms. The minimum absolute atomic E-state index is 0.724. The fraction of sp³-hybridized carbons (Fsp3) is 0.778. The van der Waals surface area contributed by atoms with E-state index in [1.807, 2.05) is 0 Å².